The second kappa shape index (κ2) is 11.6. The highest BCUT2D eigenvalue weighted by atomic mass is 32.1. The fraction of sp³-hybridized carbons (Fsp3) is 0.0612. The molecule has 0 atom stereocenters. The molecule has 10 rings (SSSR count). The molecule has 51 heavy (non-hydrogen) atoms. The number of nitrogens with zero attached hydrogens (tertiary/aromatic N) is 1. The molecule has 0 unspecified atom stereocenters. The molecule has 0 amide bonds. The molecule has 0 fully saturated rings. The summed E-state index contributed by atoms with van der Waals surface area (Å²) < 4.78 is 2.69. The molecular weight excluding hydrogens is 635 g/mol. The minimum Gasteiger partial charge on any atom is -0.309 e. The summed E-state index contributed by atoms with van der Waals surface area (Å²) in [6, 6.07) is 64.7. The van der Waals surface area contributed by atoms with Crippen molar-refractivity contribution in [3.63, 3.8) is 0 Å². The second-order valence-corrected chi connectivity index (χ2v) is 15.2. The van der Waals surface area contributed by atoms with Crippen LogP contribution >= 0.6 is 11.3 Å². The van der Waals surface area contributed by atoms with Gasteiger partial charge in [0.05, 0.1) is 11.4 Å². The maximum atomic E-state index is 2.48. The Kier molecular flexibility index (Phi) is 6.78. The van der Waals surface area contributed by atoms with Gasteiger partial charge in [-0.25, -0.2) is 0 Å². The molecule has 1 nitrogen and oxygen atoms in total. The van der Waals surface area contributed by atoms with Gasteiger partial charge in [-0.2, -0.15) is 0 Å². The van der Waals surface area contributed by atoms with Crippen molar-refractivity contribution in [3.05, 3.63) is 187 Å². The highest BCUT2D eigenvalue weighted by molar-refractivity contribution is 7.26. The van der Waals surface area contributed by atoms with E-state index in [4.69, 9.17) is 0 Å². The molecule has 1 aliphatic carbocycles. The number of hydrogen-bond acceptors (Lipinski definition) is 2. The number of anilines is 3. The van der Waals surface area contributed by atoms with E-state index in [2.05, 4.69) is 195 Å². The Morgan fingerprint density at radius 3 is 1.98 bits per heavy atom. The number of benzene rings is 8. The van der Waals surface area contributed by atoms with Crippen LogP contribution in [-0.2, 0) is 5.41 Å². The lowest BCUT2D eigenvalue weighted by Gasteiger charge is -2.30. The van der Waals surface area contributed by atoms with Gasteiger partial charge in [-0.3, -0.25) is 0 Å². The Morgan fingerprint density at radius 2 is 1.12 bits per heavy atom. The molecule has 0 saturated carbocycles. The van der Waals surface area contributed by atoms with E-state index in [9.17, 15) is 0 Å². The maximum absolute atomic E-state index is 2.48. The van der Waals surface area contributed by atoms with Gasteiger partial charge in [-0.05, 0) is 74.5 Å². The lowest BCUT2D eigenvalue weighted by molar-refractivity contribution is 0.660. The average molecular weight is 670 g/mol. The van der Waals surface area contributed by atoms with Crippen molar-refractivity contribution in [3.8, 4) is 33.4 Å². The van der Waals surface area contributed by atoms with Gasteiger partial charge >= 0.3 is 0 Å². The molecule has 0 bridgehead atoms. The predicted octanol–water partition coefficient (Wildman–Crippen LogP) is 14.3. The zero-order valence-electron chi connectivity index (χ0n) is 28.6. The standard InChI is InChI=1S/C49H35NS/c1-49(2)42-19-10-8-18-41(42)47-43(49)20-12-22-45(47)50(44-21-11-9-16-37(44)33-13-4-3-5-14-33)36-27-23-32(24-28-36)35-26-29-39-40-30-25-34-15-6-7-17-38(34)48(40)51-46(39)31-35/h3-31H,1-2H3. The van der Waals surface area contributed by atoms with E-state index in [-0.39, 0.29) is 5.41 Å². The van der Waals surface area contributed by atoms with Crippen LogP contribution in [0.25, 0.3) is 64.3 Å². The number of hydrogen-bond donors (Lipinski definition) is 0. The second-order valence-electron chi connectivity index (χ2n) is 14.1. The van der Waals surface area contributed by atoms with E-state index in [1.165, 1.54) is 81.1 Å². The van der Waals surface area contributed by atoms with E-state index in [1.807, 2.05) is 11.3 Å². The highest BCUT2D eigenvalue weighted by Crippen LogP contribution is 2.55. The van der Waals surface area contributed by atoms with Crippen molar-refractivity contribution in [2.75, 3.05) is 4.90 Å². The summed E-state index contributed by atoms with van der Waals surface area (Å²) in [7, 11) is 0. The van der Waals surface area contributed by atoms with Crippen molar-refractivity contribution in [2.24, 2.45) is 0 Å². The molecule has 1 heterocycles. The van der Waals surface area contributed by atoms with Crippen LogP contribution in [0.3, 0.4) is 0 Å². The third-order valence-corrected chi connectivity index (χ3v) is 12.1. The number of thiophene rings is 1. The summed E-state index contributed by atoms with van der Waals surface area (Å²) in [5.74, 6) is 0. The zero-order valence-corrected chi connectivity index (χ0v) is 29.4. The smallest absolute Gasteiger partial charge is 0.0543 e. The summed E-state index contributed by atoms with van der Waals surface area (Å²) in [4.78, 5) is 2.48. The Balaban J connectivity index is 1.14. The van der Waals surface area contributed by atoms with Gasteiger partial charge < -0.3 is 4.90 Å². The molecule has 0 aliphatic heterocycles. The summed E-state index contributed by atoms with van der Waals surface area (Å²) in [5.41, 5.74) is 13.6. The van der Waals surface area contributed by atoms with E-state index in [0.29, 0.717) is 0 Å². The first kappa shape index (κ1) is 29.9. The molecular formula is C49H35NS. The van der Waals surface area contributed by atoms with E-state index < -0.39 is 0 Å². The molecule has 2 heteroatoms. The summed E-state index contributed by atoms with van der Waals surface area (Å²) >= 11 is 1.90. The normalized spacial score (nSPS) is 13.1. The van der Waals surface area contributed by atoms with Gasteiger partial charge in [-0.1, -0.05) is 159 Å². The lowest BCUT2D eigenvalue weighted by atomic mass is 9.82. The summed E-state index contributed by atoms with van der Waals surface area (Å²) in [6.07, 6.45) is 0. The Bertz CT molecular complexity index is 2770. The van der Waals surface area contributed by atoms with Gasteiger partial charge in [0.15, 0.2) is 0 Å². The van der Waals surface area contributed by atoms with Crippen molar-refractivity contribution in [1.29, 1.82) is 0 Å². The van der Waals surface area contributed by atoms with Gasteiger partial charge in [0.1, 0.15) is 0 Å². The van der Waals surface area contributed by atoms with Crippen LogP contribution in [-0.4, -0.2) is 0 Å². The molecule has 9 aromatic rings. The zero-order chi connectivity index (χ0) is 34.1. The molecule has 242 valence electrons. The van der Waals surface area contributed by atoms with Crippen molar-refractivity contribution < 1.29 is 0 Å². The van der Waals surface area contributed by atoms with Crippen LogP contribution in [0.1, 0.15) is 25.0 Å². The van der Waals surface area contributed by atoms with Crippen molar-refractivity contribution >= 4 is 59.3 Å². The van der Waals surface area contributed by atoms with Crippen LogP contribution in [0.15, 0.2) is 176 Å². The fourth-order valence-electron chi connectivity index (χ4n) is 8.35. The Hall–Kier alpha value is -5.96. The molecule has 0 spiro atoms. The average Bonchev–Trinajstić information content (AvgIpc) is 3.68. The van der Waals surface area contributed by atoms with Gasteiger partial charge in [-0.15, -0.1) is 11.3 Å². The minimum absolute atomic E-state index is 0.0893. The van der Waals surface area contributed by atoms with Crippen LogP contribution < -0.4 is 4.90 Å². The van der Waals surface area contributed by atoms with Gasteiger partial charge in [0.2, 0.25) is 0 Å². The van der Waals surface area contributed by atoms with Crippen LogP contribution in [0, 0.1) is 0 Å². The fourth-order valence-corrected chi connectivity index (χ4v) is 9.62. The maximum Gasteiger partial charge on any atom is 0.0543 e. The van der Waals surface area contributed by atoms with Crippen LogP contribution in [0.5, 0.6) is 0 Å². The number of rotatable bonds is 5. The Morgan fingerprint density at radius 1 is 0.451 bits per heavy atom. The quantitative estimate of drug-likeness (QED) is 0.176. The van der Waals surface area contributed by atoms with E-state index >= 15 is 0 Å². The summed E-state index contributed by atoms with van der Waals surface area (Å²) in [6.45, 7) is 4.71. The van der Waals surface area contributed by atoms with Crippen LogP contribution in [0.2, 0.25) is 0 Å². The molecule has 0 saturated heterocycles. The third-order valence-electron chi connectivity index (χ3n) is 10.9. The number of para-hydroxylation sites is 1. The van der Waals surface area contributed by atoms with Crippen molar-refractivity contribution in [1.82, 2.24) is 0 Å². The minimum atomic E-state index is -0.0893. The third kappa shape index (κ3) is 4.67. The molecule has 1 aliphatic rings. The first-order valence-electron chi connectivity index (χ1n) is 17.7. The first-order valence-corrected chi connectivity index (χ1v) is 18.5. The largest absolute Gasteiger partial charge is 0.309 e. The molecule has 0 N–H and O–H groups in total. The van der Waals surface area contributed by atoms with Crippen molar-refractivity contribution in [2.45, 2.75) is 19.3 Å². The predicted molar refractivity (Wildman–Crippen MR) is 220 cm³/mol. The molecule has 0 radical (unpaired) electrons. The monoisotopic (exact) mass is 669 g/mol. The van der Waals surface area contributed by atoms with Gasteiger partial charge in [0.25, 0.3) is 0 Å². The molecule has 1 aromatic heterocycles. The van der Waals surface area contributed by atoms with E-state index in [0.717, 1.165) is 11.4 Å². The highest BCUT2D eigenvalue weighted by Gasteiger charge is 2.37. The van der Waals surface area contributed by atoms with E-state index in [1.54, 1.807) is 0 Å². The van der Waals surface area contributed by atoms with Crippen LogP contribution in [0.4, 0.5) is 17.1 Å². The Labute approximate surface area is 302 Å². The number of fused-ring (bicyclic) bond motifs is 8. The SMILES string of the molecule is CC1(C)c2ccccc2-c2c(N(c3ccc(-c4ccc5c(c4)sc4c6ccccc6ccc54)cc3)c3ccccc3-c3ccccc3)cccc21. The van der Waals surface area contributed by atoms with Gasteiger partial charge in [0, 0.05) is 42.4 Å². The summed E-state index contributed by atoms with van der Waals surface area (Å²) in [5, 5.41) is 5.28. The topological polar surface area (TPSA) is 3.24 Å². The lowest BCUT2D eigenvalue weighted by Crippen LogP contribution is -2.16. The first-order chi connectivity index (χ1) is 25.1. The molecule has 8 aromatic carbocycles.